The van der Waals surface area contributed by atoms with Crippen LogP contribution in [-0.2, 0) is 6.54 Å². The van der Waals surface area contributed by atoms with Crippen LogP contribution in [0.4, 0.5) is 5.82 Å². The SMILES string of the molecule is Cc1cnc(Cl)nc1NCc1ccccc1Cl. The monoisotopic (exact) mass is 267 g/mol. The van der Waals surface area contributed by atoms with Crippen LogP contribution in [0, 0.1) is 6.92 Å². The van der Waals surface area contributed by atoms with Crippen molar-refractivity contribution in [3.63, 3.8) is 0 Å². The highest BCUT2D eigenvalue weighted by atomic mass is 35.5. The molecule has 2 aromatic rings. The summed E-state index contributed by atoms with van der Waals surface area (Å²) in [4.78, 5) is 8.02. The van der Waals surface area contributed by atoms with Crippen LogP contribution < -0.4 is 5.32 Å². The normalized spacial score (nSPS) is 10.3. The number of hydrogen-bond donors (Lipinski definition) is 1. The van der Waals surface area contributed by atoms with Crippen molar-refractivity contribution in [2.24, 2.45) is 0 Å². The summed E-state index contributed by atoms with van der Waals surface area (Å²) in [5.74, 6) is 0.727. The van der Waals surface area contributed by atoms with E-state index in [0.29, 0.717) is 6.54 Å². The van der Waals surface area contributed by atoms with Crippen molar-refractivity contribution in [1.82, 2.24) is 9.97 Å². The lowest BCUT2D eigenvalue weighted by Crippen LogP contribution is -2.04. The van der Waals surface area contributed by atoms with E-state index in [0.717, 1.165) is 22.0 Å². The molecule has 0 amide bonds. The van der Waals surface area contributed by atoms with Crippen LogP contribution in [0.15, 0.2) is 30.5 Å². The van der Waals surface area contributed by atoms with Crippen LogP contribution in [0.2, 0.25) is 10.3 Å². The third kappa shape index (κ3) is 3.08. The Balaban J connectivity index is 2.12. The topological polar surface area (TPSA) is 37.8 Å². The highest BCUT2D eigenvalue weighted by Crippen LogP contribution is 2.18. The fourth-order valence-electron chi connectivity index (χ4n) is 1.42. The van der Waals surface area contributed by atoms with E-state index in [1.807, 2.05) is 31.2 Å². The van der Waals surface area contributed by atoms with Gasteiger partial charge >= 0.3 is 0 Å². The summed E-state index contributed by atoms with van der Waals surface area (Å²) < 4.78 is 0. The van der Waals surface area contributed by atoms with E-state index in [1.165, 1.54) is 0 Å². The average molecular weight is 268 g/mol. The Morgan fingerprint density at radius 2 is 2.00 bits per heavy atom. The second-order valence-corrected chi connectivity index (χ2v) is 4.36. The van der Waals surface area contributed by atoms with Gasteiger partial charge in [-0.25, -0.2) is 9.97 Å². The van der Waals surface area contributed by atoms with E-state index >= 15 is 0 Å². The number of benzene rings is 1. The fourth-order valence-corrected chi connectivity index (χ4v) is 1.76. The van der Waals surface area contributed by atoms with Crippen molar-refractivity contribution in [2.45, 2.75) is 13.5 Å². The number of anilines is 1. The minimum absolute atomic E-state index is 0.234. The van der Waals surface area contributed by atoms with Gasteiger partial charge in [0.2, 0.25) is 5.28 Å². The average Bonchev–Trinajstić information content (AvgIpc) is 2.32. The molecule has 2 rings (SSSR count). The van der Waals surface area contributed by atoms with Gasteiger partial charge in [0.25, 0.3) is 0 Å². The maximum absolute atomic E-state index is 6.06. The van der Waals surface area contributed by atoms with Gasteiger partial charge in [-0.05, 0) is 30.2 Å². The molecule has 0 aliphatic carbocycles. The Kier molecular flexibility index (Phi) is 3.82. The van der Waals surface area contributed by atoms with Crippen molar-refractivity contribution in [3.05, 3.63) is 51.9 Å². The predicted octanol–water partition coefficient (Wildman–Crippen LogP) is 3.70. The summed E-state index contributed by atoms with van der Waals surface area (Å²) in [6.07, 6.45) is 1.68. The molecule has 1 aromatic carbocycles. The lowest BCUT2D eigenvalue weighted by Gasteiger charge is -2.09. The molecule has 1 aromatic heterocycles. The summed E-state index contributed by atoms with van der Waals surface area (Å²) in [6.45, 7) is 2.53. The summed E-state index contributed by atoms with van der Waals surface area (Å²) in [6, 6.07) is 7.67. The summed E-state index contributed by atoms with van der Waals surface area (Å²) in [7, 11) is 0. The highest BCUT2D eigenvalue weighted by molar-refractivity contribution is 6.31. The van der Waals surface area contributed by atoms with Crippen LogP contribution in [0.3, 0.4) is 0 Å². The molecule has 1 heterocycles. The van der Waals surface area contributed by atoms with Crippen molar-refractivity contribution in [2.75, 3.05) is 5.32 Å². The maximum atomic E-state index is 6.06. The third-order valence-electron chi connectivity index (χ3n) is 2.35. The smallest absolute Gasteiger partial charge is 0.224 e. The molecule has 0 bridgehead atoms. The van der Waals surface area contributed by atoms with Gasteiger partial charge in [0.1, 0.15) is 5.82 Å². The van der Waals surface area contributed by atoms with E-state index in [-0.39, 0.29) is 5.28 Å². The zero-order chi connectivity index (χ0) is 12.3. The number of aryl methyl sites for hydroxylation is 1. The highest BCUT2D eigenvalue weighted by Gasteiger charge is 2.03. The van der Waals surface area contributed by atoms with Gasteiger partial charge in [-0.2, -0.15) is 0 Å². The third-order valence-corrected chi connectivity index (χ3v) is 2.90. The molecule has 0 saturated carbocycles. The predicted molar refractivity (Wildman–Crippen MR) is 70.6 cm³/mol. The van der Waals surface area contributed by atoms with Crippen molar-refractivity contribution in [3.8, 4) is 0 Å². The largest absolute Gasteiger partial charge is 0.366 e. The van der Waals surface area contributed by atoms with E-state index in [2.05, 4.69) is 15.3 Å². The Hall–Kier alpha value is -1.32. The van der Waals surface area contributed by atoms with Crippen molar-refractivity contribution >= 4 is 29.0 Å². The molecule has 0 fully saturated rings. The van der Waals surface area contributed by atoms with Gasteiger partial charge in [-0.1, -0.05) is 29.8 Å². The first-order valence-corrected chi connectivity index (χ1v) is 5.89. The quantitative estimate of drug-likeness (QED) is 0.862. The Bertz CT molecular complexity index is 529. The number of rotatable bonds is 3. The van der Waals surface area contributed by atoms with Gasteiger partial charge < -0.3 is 5.32 Å². The minimum Gasteiger partial charge on any atom is -0.366 e. The first-order valence-electron chi connectivity index (χ1n) is 5.13. The fraction of sp³-hybridized carbons (Fsp3) is 0.167. The Labute approximate surface area is 110 Å². The molecule has 88 valence electrons. The second kappa shape index (κ2) is 5.34. The molecule has 0 unspecified atom stereocenters. The van der Waals surface area contributed by atoms with E-state index in [9.17, 15) is 0 Å². The van der Waals surface area contributed by atoms with E-state index in [4.69, 9.17) is 23.2 Å². The molecular weight excluding hydrogens is 257 g/mol. The Morgan fingerprint density at radius 1 is 1.24 bits per heavy atom. The standard InChI is InChI=1S/C12H11Cl2N3/c1-8-6-16-12(14)17-11(8)15-7-9-4-2-3-5-10(9)13/h2-6H,7H2,1H3,(H,15,16,17). The molecule has 0 radical (unpaired) electrons. The first-order chi connectivity index (χ1) is 8.16. The Morgan fingerprint density at radius 3 is 2.76 bits per heavy atom. The first kappa shape index (κ1) is 12.1. The molecule has 0 saturated heterocycles. The molecule has 0 aliphatic rings. The number of nitrogens with zero attached hydrogens (tertiary/aromatic N) is 2. The summed E-state index contributed by atoms with van der Waals surface area (Å²) in [5, 5.41) is 4.16. The molecule has 3 nitrogen and oxygen atoms in total. The molecule has 5 heteroatoms. The van der Waals surface area contributed by atoms with Gasteiger partial charge in [-0.3, -0.25) is 0 Å². The molecule has 0 atom stereocenters. The molecule has 17 heavy (non-hydrogen) atoms. The molecular formula is C12H11Cl2N3. The van der Waals surface area contributed by atoms with Crippen LogP contribution in [-0.4, -0.2) is 9.97 Å². The molecule has 0 spiro atoms. The van der Waals surface area contributed by atoms with Crippen LogP contribution >= 0.6 is 23.2 Å². The second-order valence-electron chi connectivity index (χ2n) is 3.62. The van der Waals surface area contributed by atoms with Crippen LogP contribution in [0.5, 0.6) is 0 Å². The summed E-state index contributed by atoms with van der Waals surface area (Å²) in [5.41, 5.74) is 1.96. The lowest BCUT2D eigenvalue weighted by molar-refractivity contribution is 1.06. The lowest BCUT2D eigenvalue weighted by atomic mass is 10.2. The van der Waals surface area contributed by atoms with Gasteiger partial charge in [-0.15, -0.1) is 0 Å². The zero-order valence-electron chi connectivity index (χ0n) is 9.24. The minimum atomic E-state index is 0.234. The van der Waals surface area contributed by atoms with Crippen LogP contribution in [0.25, 0.3) is 0 Å². The maximum Gasteiger partial charge on any atom is 0.224 e. The number of hydrogen-bond acceptors (Lipinski definition) is 3. The van der Waals surface area contributed by atoms with Gasteiger partial charge in [0, 0.05) is 23.3 Å². The van der Waals surface area contributed by atoms with Crippen molar-refractivity contribution < 1.29 is 0 Å². The molecule has 0 aliphatic heterocycles. The number of halogens is 2. The zero-order valence-corrected chi connectivity index (χ0v) is 10.8. The van der Waals surface area contributed by atoms with Gasteiger partial charge in [0.05, 0.1) is 0 Å². The van der Waals surface area contributed by atoms with Gasteiger partial charge in [0.15, 0.2) is 0 Å². The van der Waals surface area contributed by atoms with E-state index in [1.54, 1.807) is 6.20 Å². The number of aromatic nitrogens is 2. The van der Waals surface area contributed by atoms with Crippen molar-refractivity contribution in [1.29, 1.82) is 0 Å². The molecule has 1 N–H and O–H groups in total. The summed E-state index contributed by atoms with van der Waals surface area (Å²) >= 11 is 11.8. The van der Waals surface area contributed by atoms with E-state index < -0.39 is 0 Å². The van der Waals surface area contributed by atoms with Crippen LogP contribution in [0.1, 0.15) is 11.1 Å². The number of nitrogens with one attached hydrogen (secondary N) is 1.